The highest BCUT2D eigenvalue weighted by molar-refractivity contribution is 7.09. The number of hydrogen-bond acceptors (Lipinski definition) is 4. The zero-order valence-electron chi connectivity index (χ0n) is 6.96. The summed E-state index contributed by atoms with van der Waals surface area (Å²) in [5.74, 6) is 0. The number of nitrogens with two attached hydrogens (primary N) is 1. The minimum atomic E-state index is 0.474. The topological polar surface area (TPSA) is 62.7 Å². The Kier molecular flexibility index (Phi) is 2.46. The van der Waals surface area contributed by atoms with E-state index in [2.05, 4.69) is 4.98 Å². The van der Waals surface area contributed by atoms with Gasteiger partial charge in [0.25, 0.3) is 0 Å². The molecule has 4 heteroatoms. The van der Waals surface area contributed by atoms with Gasteiger partial charge >= 0.3 is 0 Å². The van der Waals surface area contributed by atoms with Gasteiger partial charge in [-0.2, -0.15) is 5.26 Å². The second-order valence-corrected chi connectivity index (χ2v) is 3.46. The molecule has 1 aromatic rings. The molecule has 0 saturated heterocycles. The smallest absolute Gasteiger partial charge is 0.0981 e. The van der Waals surface area contributed by atoms with Gasteiger partial charge in [-0.25, -0.2) is 4.98 Å². The Labute approximate surface area is 75.2 Å². The molecule has 0 saturated carbocycles. The molecule has 0 bridgehead atoms. The number of thiazole rings is 1. The Morgan fingerprint density at radius 2 is 2.42 bits per heavy atom. The maximum absolute atomic E-state index is 8.56. The van der Waals surface area contributed by atoms with Gasteiger partial charge in [-0.1, -0.05) is 0 Å². The Morgan fingerprint density at radius 1 is 1.75 bits per heavy atom. The summed E-state index contributed by atoms with van der Waals surface area (Å²) in [6, 6.07) is 1.99. The van der Waals surface area contributed by atoms with E-state index < -0.39 is 0 Å². The van der Waals surface area contributed by atoms with Gasteiger partial charge in [0, 0.05) is 5.38 Å². The van der Waals surface area contributed by atoms with E-state index in [9.17, 15) is 0 Å². The molecule has 3 nitrogen and oxygen atoms in total. The van der Waals surface area contributed by atoms with Gasteiger partial charge in [-0.05, 0) is 13.8 Å². The lowest BCUT2D eigenvalue weighted by Crippen LogP contribution is -1.99. The van der Waals surface area contributed by atoms with E-state index >= 15 is 0 Å². The fraction of sp³-hybridized carbons (Fsp3) is 0.250. The predicted octanol–water partition coefficient (Wildman–Crippen LogP) is 1.66. The van der Waals surface area contributed by atoms with Gasteiger partial charge < -0.3 is 5.73 Å². The summed E-state index contributed by atoms with van der Waals surface area (Å²) in [5, 5.41) is 11.4. The first kappa shape index (κ1) is 8.75. The van der Waals surface area contributed by atoms with Crippen LogP contribution in [0.2, 0.25) is 0 Å². The van der Waals surface area contributed by atoms with Gasteiger partial charge in [0.15, 0.2) is 0 Å². The van der Waals surface area contributed by atoms with Gasteiger partial charge in [0.2, 0.25) is 0 Å². The highest BCUT2D eigenvalue weighted by Crippen LogP contribution is 2.15. The van der Waals surface area contributed by atoms with Crippen LogP contribution in [0.1, 0.15) is 17.6 Å². The molecule has 0 aliphatic heterocycles. The molecule has 0 atom stereocenters. The molecule has 62 valence electrons. The van der Waals surface area contributed by atoms with E-state index in [0.29, 0.717) is 17.0 Å². The van der Waals surface area contributed by atoms with Gasteiger partial charge in [-0.15, -0.1) is 11.3 Å². The molecule has 12 heavy (non-hydrogen) atoms. The average Bonchev–Trinajstić information content (AvgIpc) is 2.49. The minimum Gasteiger partial charge on any atom is -0.396 e. The standard InChI is InChI=1S/C8H9N3S/c1-5(3-9)8(10)7-4-12-6(2)11-7/h4H,10H2,1-2H3. The largest absolute Gasteiger partial charge is 0.396 e. The second kappa shape index (κ2) is 3.37. The van der Waals surface area contributed by atoms with Crippen molar-refractivity contribution in [1.29, 1.82) is 5.26 Å². The number of allylic oxidation sites excluding steroid dienone is 1. The minimum absolute atomic E-state index is 0.474. The quantitative estimate of drug-likeness (QED) is 0.667. The van der Waals surface area contributed by atoms with Crippen molar-refractivity contribution in [3.05, 3.63) is 21.7 Å². The maximum Gasteiger partial charge on any atom is 0.0981 e. The van der Waals surface area contributed by atoms with Crippen LogP contribution in [0.4, 0.5) is 0 Å². The van der Waals surface area contributed by atoms with Crippen molar-refractivity contribution in [2.75, 3.05) is 0 Å². The normalized spacial score (nSPS) is 12.1. The third-order valence-electron chi connectivity index (χ3n) is 1.47. The summed E-state index contributed by atoms with van der Waals surface area (Å²) >= 11 is 1.53. The molecule has 1 heterocycles. The summed E-state index contributed by atoms with van der Waals surface area (Å²) in [7, 11) is 0. The molecule has 1 aromatic heterocycles. The number of nitrogens with zero attached hydrogens (tertiary/aromatic N) is 2. The molecule has 0 fully saturated rings. The first-order chi connectivity index (χ1) is 5.65. The van der Waals surface area contributed by atoms with Gasteiger partial charge in [0.1, 0.15) is 0 Å². The summed E-state index contributed by atoms with van der Waals surface area (Å²) < 4.78 is 0. The van der Waals surface area contributed by atoms with Crippen LogP contribution in [-0.2, 0) is 0 Å². The number of nitriles is 1. The van der Waals surface area contributed by atoms with E-state index in [-0.39, 0.29) is 0 Å². The Bertz CT molecular complexity index is 357. The number of aromatic nitrogens is 1. The van der Waals surface area contributed by atoms with Crippen LogP contribution in [-0.4, -0.2) is 4.98 Å². The lowest BCUT2D eigenvalue weighted by molar-refractivity contribution is 1.23. The fourth-order valence-electron chi connectivity index (χ4n) is 0.739. The molecular formula is C8H9N3S. The van der Waals surface area contributed by atoms with E-state index in [1.54, 1.807) is 6.92 Å². The molecule has 0 spiro atoms. The van der Waals surface area contributed by atoms with Crippen molar-refractivity contribution in [2.45, 2.75) is 13.8 Å². The highest BCUT2D eigenvalue weighted by atomic mass is 32.1. The van der Waals surface area contributed by atoms with Crippen LogP contribution < -0.4 is 5.73 Å². The number of aryl methyl sites for hydroxylation is 1. The molecule has 0 aliphatic rings. The number of rotatable bonds is 1. The summed E-state index contributed by atoms with van der Waals surface area (Å²) in [6.07, 6.45) is 0. The molecule has 2 N–H and O–H groups in total. The molecule has 0 aliphatic carbocycles. The van der Waals surface area contributed by atoms with Crippen molar-refractivity contribution >= 4 is 17.0 Å². The zero-order valence-corrected chi connectivity index (χ0v) is 7.77. The van der Waals surface area contributed by atoms with Gasteiger partial charge in [0.05, 0.1) is 28.0 Å². The summed E-state index contributed by atoms with van der Waals surface area (Å²) in [4.78, 5) is 4.16. The third-order valence-corrected chi connectivity index (χ3v) is 2.24. The second-order valence-electron chi connectivity index (χ2n) is 2.40. The SMILES string of the molecule is CC(C#N)=C(N)c1csc(C)n1. The van der Waals surface area contributed by atoms with Gasteiger partial charge in [-0.3, -0.25) is 0 Å². The van der Waals surface area contributed by atoms with Crippen molar-refractivity contribution in [3.8, 4) is 6.07 Å². The Balaban J connectivity index is 3.09. The van der Waals surface area contributed by atoms with Crippen LogP contribution in [0.25, 0.3) is 5.70 Å². The number of hydrogen-bond donors (Lipinski definition) is 1. The van der Waals surface area contributed by atoms with Crippen molar-refractivity contribution in [1.82, 2.24) is 4.98 Å². The monoisotopic (exact) mass is 179 g/mol. The first-order valence-electron chi connectivity index (χ1n) is 3.44. The summed E-state index contributed by atoms with van der Waals surface area (Å²) in [6.45, 7) is 3.59. The van der Waals surface area contributed by atoms with Crippen LogP contribution in [0.3, 0.4) is 0 Å². The molecule has 1 rings (SSSR count). The van der Waals surface area contributed by atoms with Crippen molar-refractivity contribution in [2.24, 2.45) is 5.73 Å². The van der Waals surface area contributed by atoms with E-state index in [1.165, 1.54) is 11.3 Å². The zero-order chi connectivity index (χ0) is 9.14. The molecule has 0 radical (unpaired) electrons. The van der Waals surface area contributed by atoms with Crippen molar-refractivity contribution < 1.29 is 0 Å². The lowest BCUT2D eigenvalue weighted by atomic mass is 10.2. The van der Waals surface area contributed by atoms with E-state index in [1.807, 2.05) is 18.4 Å². The third kappa shape index (κ3) is 1.63. The molecule has 0 aromatic carbocycles. The van der Waals surface area contributed by atoms with E-state index in [0.717, 1.165) is 5.01 Å². The van der Waals surface area contributed by atoms with Crippen LogP contribution in [0, 0.1) is 18.3 Å². The van der Waals surface area contributed by atoms with Crippen LogP contribution in [0.15, 0.2) is 11.0 Å². The molecular weight excluding hydrogens is 170 g/mol. The Hall–Kier alpha value is -1.34. The molecule has 0 unspecified atom stereocenters. The average molecular weight is 179 g/mol. The predicted molar refractivity (Wildman–Crippen MR) is 49.2 cm³/mol. The summed E-state index contributed by atoms with van der Waals surface area (Å²) in [5.41, 5.74) is 7.36. The van der Waals surface area contributed by atoms with E-state index in [4.69, 9.17) is 11.0 Å². The first-order valence-corrected chi connectivity index (χ1v) is 4.32. The fourth-order valence-corrected chi connectivity index (χ4v) is 1.35. The molecule has 0 amide bonds. The lowest BCUT2D eigenvalue weighted by Gasteiger charge is -1.95. The van der Waals surface area contributed by atoms with Crippen LogP contribution in [0.5, 0.6) is 0 Å². The Morgan fingerprint density at radius 3 is 2.83 bits per heavy atom. The van der Waals surface area contributed by atoms with Crippen LogP contribution >= 0.6 is 11.3 Å². The highest BCUT2D eigenvalue weighted by Gasteiger charge is 2.03. The maximum atomic E-state index is 8.56. The van der Waals surface area contributed by atoms with Crippen molar-refractivity contribution in [3.63, 3.8) is 0 Å².